The average Bonchev–Trinajstić information content (AvgIpc) is 2.53. The maximum absolute atomic E-state index is 11.5. The summed E-state index contributed by atoms with van der Waals surface area (Å²) in [6.45, 7) is -0.279. The Hall–Kier alpha value is -1.89. The molecular formula is C8H10N4O3. The van der Waals surface area contributed by atoms with Gasteiger partial charge in [-0.15, -0.1) is 0 Å². The summed E-state index contributed by atoms with van der Waals surface area (Å²) in [6, 6.07) is 0. The Kier molecular flexibility index (Phi) is 1.97. The summed E-state index contributed by atoms with van der Waals surface area (Å²) in [5.41, 5.74) is -0.464. The highest BCUT2D eigenvalue weighted by Crippen LogP contribution is 2.07. The van der Waals surface area contributed by atoms with Gasteiger partial charge in [0.05, 0.1) is 0 Å². The molecule has 2 heterocycles. The Morgan fingerprint density at radius 1 is 1.33 bits per heavy atom. The van der Waals surface area contributed by atoms with Crippen LogP contribution in [-0.4, -0.2) is 24.2 Å². The van der Waals surface area contributed by atoms with Gasteiger partial charge in [0.25, 0.3) is 5.56 Å². The zero-order chi connectivity index (χ0) is 11.2. The van der Waals surface area contributed by atoms with Gasteiger partial charge in [0.2, 0.25) is 0 Å². The Labute approximate surface area is 83.6 Å². The van der Waals surface area contributed by atoms with E-state index in [2.05, 4.69) is 9.97 Å². The van der Waals surface area contributed by atoms with Gasteiger partial charge in [0.15, 0.2) is 11.2 Å². The first-order valence-corrected chi connectivity index (χ1v) is 4.31. The molecule has 0 aliphatic carbocycles. The second-order valence-corrected chi connectivity index (χ2v) is 3.24. The first kappa shape index (κ1) is 9.66. The lowest BCUT2D eigenvalue weighted by Gasteiger charge is -1.98. The molecule has 0 aromatic carbocycles. The van der Waals surface area contributed by atoms with Gasteiger partial charge in [-0.3, -0.25) is 14.3 Å². The molecule has 0 radical (unpaired) electrons. The standard InChI is InChI=1S/C8H10N4O3/c1-11-4(3-13)9-6-5(11)7(14)10-8(15)12(6)2/h13H,3H2,1-2H3,(H,10,14,15). The van der Waals surface area contributed by atoms with Crippen LogP contribution in [0.3, 0.4) is 0 Å². The van der Waals surface area contributed by atoms with E-state index in [-0.39, 0.29) is 17.8 Å². The number of hydrogen-bond acceptors (Lipinski definition) is 4. The molecule has 2 aromatic rings. The smallest absolute Gasteiger partial charge is 0.329 e. The lowest BCUT2D eigenvalue weighted by molar-refractivity contribution is 0.268. The van der Waals surface area contributed by atoms with Crippen molar-refractivity contribution in [2.75, 3.05) is 0 Å². The van der Waals surface area contributed by atoms with E-state index in [0.717, 1.165) is 0 Å². The molecule has 0 spiro atoms. The molecule has 0 bridgehead atoms. The Morgan fingerprint density at radius 3 is 2.60 bits per heavy atom. The van der Waals surface area contributed by atoms with Crippen molar-refractivity contribution in [1.29, 1.82) is 0 Å². The van der Waals surface area contributed by atoms with E-state index in [4.69, 9.17) is 5.11 Å². The number of rotatable bonds is 1. The van der Waals surface area contributed by atoms with E-state index in [1.807, 2.05) is 0 Å². The molecule has 0 aliphatic rings. The summed E-state index contributed by atoms with van der Waals surface area (Å²) in [5.74, 6) is 0.344. The van der Waals surface area contributed by atoms with Crippen LogP contribution in [-0.2, 0) is 20.7 Å². The number of aromatic nitrogens is 4. The SMILES string of the molecule is Cn1c(CO)nc2c1c(=O)[nH]c(=O)n2C. The molecule has 0 amide bonds. The molecule has 0 aliphatic heterocycles. The topological polar surface area (TPSA) is 92.9 Å². The number of aliphatic hydroxyl groups is 1. The number of aliphatic hydroxyl groups excluding tert-OH is 1. The summed E-state index contributed by atoms with van der Waals surface area (Å²) >= 11 is 0. The third-order valence-corrected chi connectivity index (χ3v) is 2.37. The molecule has 0 unspecified atom stereocenters. The maximum atomic E-state index is 11.5. The van der Waals surface area contributed by atoms with Gasteiger partial charge in [-0.2, -0.15) is 0 Å². The van der Waals surface area contributed by atoms with E-state index < -0.39 is 11.2 Å². The number of H-pyrrole nitrogens is 1. The monoisotopic (exact) mass is 210 g/mol. The summed E-state index contributed by atoms with van der Waals surface area (Å²) in [5, 5.41) is 8.99. The highest BCUT2D eigenvalue weighted by atomic mass is 16.3. The average molecular weight is 210 g/mol. The van der Waals surface area contributed by atoms with Crippen LogP contribution in [0.4, 0.5) is 0 Å². The van der Waals surface area contributed by atoms with Gasteiger partial charge in [-0.05, 0) is 0 Å². The van der Waals surface area contributed by atoms with E-state index in [0.29, 0.717) is 5.82 Å². The van der Waals surface area contributed by atoms with Crippen molar-refractivity contribution in [2.24, 2.45) is 14.1 Å². The van der Waals surface area contributed by atoms with E-state index in [9.17, 15) is 9.59 Å². The minimum Gasteiger partial charge on any atom is -0.388 e. The normalized spacial score (nSPS) is 11.1. The minimum atomic E-state index is -0.518. The van der Waals surface area contributed by atoms with Crippen LogP contribution in [0.25, 0.3) is 11.2 Å². The number of aromatic amines is 1. The van der Waals surface area contributed by atoms with Crippen molar-refractivity contribution in [2.45, 2.75) is 6.61 Å². The van der Waals surface area contributed by atoms with Crippen LogP contribution in [0.15, 0.2) is 9.59 Å². The molecule has 15 heavy (non-hydrogen) atoms. The van der Waals surface area contributed by atoms with Crippen molar-refractivity contribution >= 4 is 11.2 Å². The van der Waals surface area contributed by atoms with Gasteiger partial charge in [0.1, 0.15) is 12.4 Å². The highest BCUT2D eigenvalue weighted by molar-refractivity contribution is 5.70. The lowest BCUT2D eigenvalue weighted by Crippen LogP contribution is -2.29. The number of imidazole rings is 1. The summed E-state index contributed by atoms with van der Waals surface area (Å²) < 4.78 is 2.70. The zero-order valence-electron chi connectivity index (χ0n) is 8.31. The molecular weight excluding hydrogens is 200 g/mol. The van der Waals surface area contributed by atoms with Crippen molar-refractivity contribution in [3.63, 3.8) is 0 Å². The van der Waals surface area contributed by atoms with E-state index in [1.165, 1.54) is 16.2 Å². The van der Waals surface area contributed by atoms with Gasteiger partial charge < -0.3 is 9.67 Å². The van der Waals surface area contributed by atoms with Crippen molar-refractivity contribution in [3.8, 4) is 0 Å². The minimum absolute atomic E-state index is 0.273. The third kappa shape index (κ3) is 1.20. The second-order valence-electron chi connectivity index (χ2n) is 3.24. The largest absolute Gasteiger partial charge is 0.388 e. The molecule has 7 nitrogen and oxygen atoms in total. The van der Waals surface area contributed by atoms with Gasteiger partial charge in [0, 0.05) is 14.1 Å². The van der Waals surface area contributed by atoms with Crippen LogP contribution < -0.4 is 11.2 Å². The van der Waals surface area contributed by atoms with Gasteiger partial charge in [-0.25, -0.2) is 9.78 Å². The lowest BCUT2D eigenvalue weighted by atomic mass is 10.5. The van der Waals surface area contributed by atoms with E-state index >= 15 is 0 Å². The fourth-order valence-electron chi connectivity index (χ4n) is 1.49. The number of hydrogen-bond donors (Lipinski definition) is 2. The molecule has 0 atom stereocenters. The summed E-state index contributed by atoms with van der Waals surface area (Å²) in [6.07, 6.45) is 0. The van der Waals surface area contributed by atoms with Crippen molar-refractivity contribution < 1.29 is 5.11 Å². The van der Waals surface area contributed by atoms with Crippen LogP contribution >= 0.6 is 0 Å². The van der Waals surface area contributed by atoms with Crippen molar-refractivity contribution in [1.82, 2.24) is 19.1 Å². The number of nitrogens with zero attached hydrogens (tertiary/aromatic N) is 3. The molecule has 80 valence electrons. The van der Waals surface area contributed by atoms with Gasteiger partial charge in [-0.1, -0.05) is 0 Å². The van der Waals surface area contributed by atoms with Crippen LogP contribution in [0.5, 0.6) is 0 Å². The Bertz CT molecular complexity index is 634. The molecule has 7 heteroatoms. The first-order chi connectivity index (χ1) is 7.06. The predicted octanol–water partition coefficient (Wildman–Crippen LogP) is -1.55. The number of fused-ring (bicyclic) bond motifs is 1. The maximum Gasteiger partial charge on any atom is 0.329 e. The summed E-state index contributed by atoms with van der Waals surface area (Å²) in [7, 11) is 3.12. The molecule has 0 saturated carbocycles. The Balaban J connectivity index is 3.07. The Morgan fingerprint density at radius 2 is 2.00 bits per heavy atom. The zero-order valence-corrected chi connectivity index (χ0v) is 8.31. The second kappa shape index (κ2) is 3.06. The fraction of sp³-hybridized carbons (Fsp3) is 0.375. The first-order valence-electron chi connectivity index (χ1n) is 4.31. The molecule has 0 saturated heterocycles. The molecule has 2 aromatic heterocycles. The van der Waals surface area contributed by atoms with Crippen LogP contribution in [0, 0.1) is 0 Å². The molecule has 2 rings (SSSR count). The van der Waals surface area contributed by atoms with Crippen LogP contribution in [0.2, 0.25) is 0 Å². The van der Waals surface area contributed by atoms with Gasteiger partial charge >= 0.3 is 5.69 Å². The summed E-state index contributed by atoms with van der Waals surface area (Å²) in [4.78, 5) is 28.9. The number of nitrogens with one attached hydrogen (secondary N) is 1. The van der Waals surface area contributed by atoms with Crippen LogP contribution in [0.1, 0.15) is 5.82 Å². The molecule has 0 fully saturated rings. The quantitative estimate of drug-likeness (QED) is 0.596. The molecule has 2 N–H and O–H groups in total. The third-order valence-electron chi connectivity index (χ3n) is 2.37. The highest BCUT2D eigenvalue weighted by Gasteiger charge is 2.13. The van der Waals surface area contributed by atoms with Crippen molar-refractivity contribution in [3.05, 3.63) is 26.7 Å². The predicted molar refractivity (Wildman–Crippen MR) is 52.5 cm³/mol. The van der Waals surface area contributed by atoms with E-state index in [1.54, 1.807) is 7.05 Å². The fourth-order valence-corrected chi connectivity index (χ4v) is 1.49. The number of aryl methyl sites for hydroxylation is 2.